The number of rotatable bonds is 4. The highest BCUT2D eigenvalue weighted by Crippen LogP contribution is 2.20. The fourth-order valence-electron chi connectivity index (χ4n) is 2.36. The van der Waals surface area contributed by atoms with Gasteiger partial charge in [-0.1, -0.05) is 11.6 Å². The van der Waals surface area contributed by atoms with E-state index in [0.717, 1.165) is 43.7 Å². The molecular weight excluding hydrogens is 358 g/mol. The highest BCUT2D eigenvalue weighted by Gasteiger charge is 2.22. The van der Waals surface area contributed by atoms with Crippen LogP contribution in [0.3, 0.4) is 0 Å². The van der Waals surface area contributed by atoms with Gasteiger partial charge in [-0.25, -0.2) is 4.98 Å². The molecule has 0 aliphatic carbocycles. The molecule has 2 heterocycles. The number of methoxy groups -OCH3 is 1. The van der Waals surface area contributed by atoms with Crippen LogP contribution in [-0.4, -0.2) is 67.1 Å². The molecular formula is C14H19BrClN3O2. The smallest absolute Gasteiger partial charge is 0.257 e. The summed E-state index contributed by atoms with van der Waals surface area (Å²) in [7, 11) is 1.70. The van der Waals surface area contributed by atoms with Gasteiger partial charge in [0.15, 0.2) is 0 Å². The number of ether oxygens (including phenoxy) is 1. The first kappa shape index (κ1) is 16.7. The predicted octanol–water partition coefficient (Wildman–Crippen LogP) is 2.29. The second kappa shape index (κ2) is 8.08. The number of hydrogen-bond acceptors (Lipinski definition) is 4. The van der Waals surface area contributed by atoms with Gasteiger partial charge >= 0.3 is 0 Å². The Morgan fingerprint density at radius 2 is 2.24 bits per heavy atom. The summed E-state index contributed by atoms with van der Waals surface area (Å²) >= 11 is 9.37. The third kappa shape index (κ3) is 4.64. The SMILES string of the molecule is COCCN1CCCN(C(=O)c2cc(Br)cnc2Cl)CC1. The maximum absolute atomic E-state index is 12.6. The van der Waals surface area contributed by atoms with Gasteiger partial charge in [0.1, 0.15) is 5.15 Å². The first-order valence-corrected chi connectivity index (χ1v) is 8.10. The Morgan fingerprint density at radius 1 is 1.43 bits per heavy atom. The standard InChI is InChI=1S/C14H19BrClN3O2/c1-21-8-7-18-3-2-4-19(6-5-18)14(20)12-9-11(15)10-17-13(12)16/h9-10H,2-8H2,1H3. The van der Waals surface area contributed by atoms with Gasteiger partial charge in [0.05, 0.1) is 12.2 Å². The minimum Gasteiger partial charge on any atom is -0.383 e. The topological polar surface area (TPSA) is 45.7 Å². The average Bonchev–Trinajstić information content (AvgIpc) is 2.72. The van der Waals surface area contributed by atoms with E-state index < -0.39 is 0 Å². The number of halogens is 2. The van der Waals surface area contributed by atoms with Gasteiger partial charge in [-0.2, -0.15) is 0 Å². The molecule has 0 saturated carbocycles. The van der Waals surface area contributed by atoms with E-state index in [2.05, 4.69) is 25.8 Å². The van der Waals surface area contributed by atoms with Crippen LogP contribution >= 0.6 is 27.5 Å². The van der Waals surface area contributed by atoms with E-state index in [4.69, 9.17) is 16.3 Å². The highest BCUT2D eigenvalue weighted by molar-refractivity contribution is 9.10. The Balaban J connectivity index is 2.01. The van der Waals surface area contributed by atoms with E-state index in [-0.39, 0.29) is 11.1 Å². The van der Waals surface area contributed by atoms with Gasteiger partial charge in [-0.05, 0) is 35.0 Å². The molecule has 21 heavy (non-hydrogen) atoms. The van der Waals surface area contributed by atoms with Gasteiger partial charge < -0.3 is 9.64 Å². The lowest BCUT2D eigenvalue weighted by Gasteiger charge is -2.22. The zero-order valence-electron chi connectivity index (χ0n) is 12.0. The van der Waals surface area contributed by atoms with Crippen LogP contribution in [0.5, 0.6) is 0 Å². The molecule has 5 nitrogen and oxygen atoms in total. The van der Waals surface area contributed by atoms with Crippen molar-refractivity contribution in [3.8, 4) is 0 Å². The summed E-state index contributed by atoms with van der Waals surface area (Å²) in [5.41, 5.74) is 0.455. The van der Waals surface area contributed by atoms with Crippen LogP contribution in [0.1, 0.15) is 16.8 Å². The van der Waals surface area contributed by atoms with Gasteiger partial charge in [0, 0.05) is 44.0 Å². The van der Waals surface area contributed by atoms with Crippen molar-refractivity contribution in [1.29, 1.82) is 0 Å². The van der Waals surface area contributed by atoms with Crippen LogP contribution in [0.4, 0.5) is 0 Å². The fourth-order valence-corrected chi connectivity index (χ4v) is 2.88. The number of carbonyl (C=O) groups excluding carboxylic acids is 1. The molecule has 116 valence electrons. The summed E-state index contributed by atoms with van der Waals surface area (Å²) in [5, 5.41) is 0.253. The van der Waals surface area contributed by atoms with Crippen molar-refractivity contribution in [1.82, 2.24) is 14.8 Å². The molecule has 1 saturated heterocycles. The highest BCUT2D eigenvalue weighted by atomic mass is 79.9. The van der Waals surface area contributed by atoms with E-state index in [9.17, 15) is 4.79 Å². The maximum Gasteiger partial charge on any atom is 0.257 e. The lowest BCUT2D eigenvalue weighted by molar-refractivity contribution is 0.0759. The van der Waals surface area contributed by atoms with E-state index in [1.807, 2.05) is 4.90 Å². The first-order valence-electron chi connectivity index (χ1n) is 6.93. The van der Waals surface area contributed by atoms with E-state index in [1.54, 1.807) is 19.4 Å². The Labute approximate surface area is 138 Å². The number of nitrogens with zero attached hydrogens (tertiary/aromatic N) is 3. The Hall–Kier alpha value is -0.690. The predicted molar refractivity (Wildman–Crippen MR) is 85.8 cm³/mol. The number of hydrogen-bond donors (Lipinski definition) is 0. The molecule has 1 aliphatic heterocycles. The van der Waals surface area contributed by atoms with Gasteiger partial charge in [-0.15, -0.1) is 0 Å². The van der Waals surface area contributed by atoms with E-state index >= 15 is 0 Å². The largest absolute Gasteiger partial charge is 0.383 e. The first-order chi connectivity index (χ1) is 10.1. The third-order valence-corrected chi connectivity index (χ3v) is 4.26. The summed E-state index contributed by atoms with van der Waals surface area (Å²) in [4.78, 5) is 20.8. The molecule has 1 fully saturated rings. The van der Waals surface area contributed by atoms with Crippen molar-refractivity contribution >= 4 is 33.4 Å². The van der Waals surface area contributed by atoms with Gasteiger partial charge in [0.2, 0.25) is 0 Å². The van der Waals surface area contributed by atoms with Crippen molar-refractivity contribution in [2.24, 2.45) is 0 Å². The number of aromatic nitrogens is 1. The van der Waals surface area contributed by atoms with Crippen LogP contribution in [-0.2, 0) is 4.74 Å². The van der Waals surface area contributed by atoms with Gasteiger partial charge in [0.25, 0.3) is 5.91 Å². The van der Waals surface area contributed by atoms with Crippen LogP contribution in [0.15, 0.2) is 16.7 Å². The summed E-state index contributed by atoms with van der Waals surface area (Å²) in [6, 6.07) is 1.73. The molecule has 1 amide bonds. The molecule has 0 aromatic carbocycles. The number of carbonyl (C=O) groups is 1. The normalized spacial score (nSPS) is 16.8. The van der Waals surface area contributed by atoms with Crippen molar-refractivity contribution < 1.29 is 9.53 Å². The Bertz CT molecular complexity index is 501. The second-order valence-corrected chi connectivity index (χ2v) is 6.25. The lowest BCUT2D eigenvalue weighted by atomic mass is 10.2. The monoisotopic (exact) mass is 375 g/mol. The van der Waals surface area contributed by atoms with E-state index in [1.165, 1.54) is 0 Å². The molecule has 0 unspecified atom stereocenters. The molecule has 2 rings (SSSR count). The molecule has 0 N–H and O–H groups in total. The van der Waals surface area contributed by atoms with E-state index in [0.29, 0.717) is 12.1 Å². The summed E-state index contributed by atoms with van der Waals surface area (Å²) < 4.78 is 5.86. The third-order valence-electron chi connectivity index (χ3n) is 3.52. The molecule has 0 bridgehead atoms. The molecule has 1 aromatic rings. The van der Waals surface area contributed by atoms with Crippen molar-refractivity contribution in [2.75, 3.05) is 46.4 Å². The van der Waals surface area contributed by atoms with Crippen LogP contribution in [0, 0.1) is 0 Å². The molecule has 0 radical (unpaired) electrons. The molecule has 7 heteroatoms. The van der Waals surface area contributed by atoms with Crippen LogP contribution in [0.2, 0.25) is 5.15 Å². The Kier molecular flexibility index (Phi) is 6.41. The zero-order valence-corrected chi connectivity index (χ0v) is 14.4. The maximum atomic E-state index is 12.6. The molecule has 0 atom stereocenters. The fraction of sp³-hybridized carbons (Fsp3) is 0.571. The van der Waals surface area contributed by atoms with Crippen molar-refractivity contribution in [3.63, 3.8) is 0 Å². The van der Waals surface area contributed by atoms with Gasteiger partial charge in [-0.3, -0.25) is 9.69 Å². The molecule has 1 aliphatic rings. The minimum absolute atomic E-state index is 0.0533. The van der Waals surface area contributed by atoms with Crippen LogP contribution < -0.4 is 0 Å². The zero-order chi connectivity index (χ0) is 15.2. The lowest BCUT2D eigenvalue weighted by Crippen LogP contribution is -2.36. The summed E-state index contributed by atoms with van der Waals surface area (Å²) in [6.07, 6.45) is 2.54. The average molecular weight is 377 g/mol. The quantitative estimate of drug-likeness (QED) is 0.757. The van der Waals surface area contributed by atoms with Crippen molar-refractivity contribution in [2.45, 2.75) is 6.42 Å². The van der Waals surface area contributed by atoms with Crippen molar-refractivity contribution in [3.05, 3.63) is 27.5 Å². The Morgan fingerprint density at radius 3 is 3.00 bits per heavy atom. The summed E-state index contributed by atoms with van der Waals surface area (Å²) in [6.45, 7) is 4.90. The van der Waals surface area contributed by atoms with Crippen LogP contribution in [0.25, 0.3) is 0 Å². The second-order valence-electron chi connectivity index (χ2n) is 4.97. The minimum atomic E-state index is -0.0533. The number of pyridine rings is 1. The number of amides is 1. The molecule has 0 spiro atoms. The molecule has 1 aromatic heterocycles. The summed E-state index contributed by atoms with van der Waals surface area (Å²) in [5.74, 6) is -0.0533.